The number of carbonyl (C=O) groups is 6. The molecule has 0 bridgehead atoms. The zero-order valence-electron chi connectivity index (χ0n) is 47.1. The molecular weight excluding hydrogens is 999 g/mol. The smallest absolute Gasteiger partial charge is 0.306 e. The molecule has 18 nitrogen and oxygen atoms in total. The van der Waals surface area contributed by atoms with Crippen LogP contribution in [-0.4, -0.2) is 108 Å². The zero-order chi connectivity index (χ0) is 58.3. The minimum absolute atomic E-state index is 0.109. The summed E-state index contributed by atoms with van der Waals surface area (Å²) in [4.78, 5) is 80.1. The fraction of sp³-hybridized carbons (Fsp3) is 0.450. The van der Waals surface area contributed by atoms with Crippen LogP contribution in [0.15, 0.2) is 142 Å². The van der Waals surface area contributed by atoms with Gasteiger partial charge in [0.2, 0.25) is 0 Å². The molecule has 1 saturated heterocycles. The molecule has 6 unspecified atom stereocenters. The van der Waals surface area contributed by atoms with Gasteiger partial charge in [0.05, 0.1) is 6.33 Å². The monoisotopic (exact) mass is 1080 g/mol. The van der Waals surface area contributed by atoms with Gasteiger partial charge in [-0.15, -0.1) is 0 Å². The van der Waals surface area contributed by atoms with Crippen LogP contribution in [-0.2, 0) is 47.7 Å². The Labute approximate surface area is 458 Å². The first-order chi connectivity index (χ1) is 36.8. The van der Waals surface area contributed by atoms with E-state index in [-0.39, 0.29) is 47.3 Å². The first-order valence-corrected chi connectivity index (χ1v) is 25.9. The molecule has 0 aromatic carbocycles. The number of rotatable bonds is 21. The molecule has 2 aromatic heterocycles. The predicted molar refractivity (Wildman–Crippen MR) is 299 cm³/mol. The Balaban J connectivity index is 0.000000480. The van der Waals surface area contributed by atoms with Crippen molar-refractivity contribution in [3.05, 3.63) is 142 Å². The number of imidazole rings is 1. The van der Waals surface area contributed by atoms with Crippen molar-refractivity contribution < 1.29 is 63.0 Å². The van der Waals surface area contributed by atoms with E-state index in [0.29, 0.717) is 60.9 Å². The highest BCUT2D eigenvalue weighted by Gasteiger charge is 2.45. The number of aliphatic hydroxyl groups excluding tert-OH is 2. The summed E-state index contributed by atoms with van der Waals surface area (Å²) >= 11 is 0. The number of hydrogen-bond acceptors (Lipinski definition) is 16. The number of aliphatic carboxylic acids is 1. The van der Waals surface area contributed by atoms with E-state index >= 15 is 0 Å². The van der Waals surface area contributed by atoms with E-state index in [1.165, 1.54) is 17.2 Å². The average Bonchev–Trinajstić information content (AvgIpc) is 3.92. The van der Waals surface area contributed by atoms with Crippen molar-refractivity contribution in [1.29, 1.82) is 0 Å². The molecule has 3 heterocycles. The standard InChI is InChI=1S/C45H58O6.C11H13N5O5.C4H8O2/c1-12-17-41(47)51-40-29-45(10,11)38(36(7)43(40)49)27-25-34(5)23-16-21-32(3)19-14-13-18-31(2)20-15-22-33(4)24-26-37-35(6)42(48)39(50-30-46)28-44(37,8)9;12-9-6-10(14-2-13-9)16(3-15-6)11-8(19)7(18)5(21-11)1-20-4-17;1-2-3-4(5)6/h13-16,18-27,30,39-40H,12,17,28-29H2,1-11H3;2-5,7-8,11,18-19H,1H2,(H2,12,13,14);2-3H2,1H3,(H,5,6)/b14-13+,20-15+,21-16+,26-24+,27-25+,31-18+,32-19+,33-22+,34-23+;;. The Kier molecular flexibility index (Phi) is 25.9. The van der Waals surface area contributed by atoms with E-state index in [2.05, 4.69) is 47.4 Å². The van der Waals surface area contributed by atoms with Gasteiger partial charge in [-0.3, -0.25) is 33.3 Å². The summed E-state index contributed by atoms with van der Waals surface area (Å²) in [6.45, 7) is 24.2. The summed E-state index contributed by atoms with van der Waals surface area (Å²) in [5.74, 6) is -1.07. The van der Waals surface area contributed by atoms with Crippen molar-refractivity contribution in [3.8, 4) is 0 Å². The first kappa shape index (κ1) is 64.9. The Hall–Kier alpha value is -7.41. The van der Waals surface area contributed by atoms with Gasteiger partial charge < -0.3 is 40.0 Å². The van der Waals surface area contributed by atoms with Crippen molar-refractivity contribution >= 4 is 53.4 Å². The van der Waals surface area contributed by atoms with Crippen LogP contribution < -0.4 is 5.73 Å². The third-order valence-electron chi connectivity index (χ3n) is 13.0. The maximum Gasteiger partial charge on any atom is 0.306 e. The minimum Gasteiger partial charge on any atom is -0.481 e. The van der Waals surface area contributed by atoms with Crippen molar-refractivity contribution in [3.63, 3.8) is 0 Å². The normalized spacial score (nSPS) is 23.1. The lowest BCUT2D eigenvalue weighted by molar-refractivity contribution is -0.156. The number of allylic oxidation sites excluding steroid dienone is 20. The average molecular weight is 1080 g/mol. The second-order valence-electron chi connectivity index (χ2n) is 20.5. The van der Waals surface area contributed by atoms with Crippen LogP contribution in [0.4, 0.5) is 5.82 Å². The number of carboxylic acids is 1. The predicted octanol–water partition coefficient (Wildman–Crippen LogP) is 9.51. The summed E-state index contributed by atoms with van der Waals surface area (Å²) in [7, 11) is 0. The van der Waals surface area contributed by atoms with Crippen molar-refractivity contribution in [2.75, 3.05) is 12.3 Å². The number of fused-ring (bicyclic) bond motifs is 1. The van der Waals surface area contributed by atoms with Crippen LogP contribution >= 0.6 is 0 Å². The van der Waals surface area contributed by atoms with E-state index in [1.54, 1.807) is 6.92 Å². The van der Waals surface area contributed by atoms with Gasteiger partial charge in [-0.05, 0) is 87.5 Å². The Morgan fingerprint density at radius 3 is 1.72 bits per heavy atom. The van der Waals surface area contributed by atoms with E-state index in [9.17, 15) is 39.0 Å². The SMILES string of the molecule is CCCC(=O)O.CCCC(=O)OC1CC(C)(C)C(/C=C/C(C)=C/C=C/C(C)=C/C=C/C=C(C)/C=C/C=C(C)/C=C/C2=C(C)C(=O)C(OC=O)CC2(C)C)=C(C)C1=O.Nc1ncnc2c1ncn2C1OC(COC=O)C(O)C1O. The number of esters is 1. The third-order valence-corrected chi connectivity index (χ3v) is 13.0. The molecular formula is C60H79N5O13. The number of carboxylic acid groups (broad SMARTS) is 1. The number of nitrogens with zero attached hydrogens (tertiary/aromatic N) is 4. The maximum atomic E-state index is 13.0. The molecule has 2 aliphatic carbocycles. The van der Waals surface area contributed by atoms with Gasteiger partial charge in [0, 0.05) is 25.7 Å². The van der Waals surface area contributed by atoms with Gasteiger partial charge in [0.25, 0.3) is 12.9 Å². The number of ketones is 2. The first-order valence-electron chi connectivity index (χ1n) is 25.9. The number of nitrogen functional groups attached to an aromatic ring is 1. The minimum atomic E-state index is -1.22. The highest BCUT2D eigenvalue weighted by atomic mass is 16.6. The number of anilines is 1. The second kappa shape index (κ2) is 31.1. The topological polar surface area (TPSA) is 270 Å². The quantitative estimate of drug-likeness (QED) is 0.0392. The van der Waals surface area contributed by atoms with Crippen molar-refractivity contribution in [2.45, 2.75) is 158 Å². The van der Waals surface area contributed by atoms with Crippen LogP contribution in [0.1, 0.15) is 128 Å². The van der Waals surface area contributed by atoms with Gasteiger partial charge in [-0.2, -0.15) is 0 Å². The molecule has 18 heteroatoms. The molecule has 0 saturated carbocycles. The van der Waals surface area contributed by atoms with Crippen LogP contribution in [0.25, 0.3) is 11.2 Å². The number of hydrogen-bond donors (Lipinski definition) is 4. The van der Waals surface area contributed by atoms with E-state index in [0.717, 1.165) is 39.9 Å². The third kappa shape index (κ3) is 19.2. The molecule has 5 rings (SSSR count). The van der Waals surface area contributed by atoms with Gasteiger partial charge in [0.1, 0.15) is 36.8 Å². The molecule has 3 aliphatic rings. The molecule has 5 N–H and O–H groups in total. The number of Topliss-reactive ketones (excluding diaryl/α,β-unsaturated/α-hetero) is 2. The van der Waals surface area contributed by atoms with E-state index in [1.807, 2.05) is 134 Å². The van der Waals surface area contributed by atoms with Gasteiger partial charge in [-0.25, -0.2) is 15.0 Å². The Bertz CT molecular complexity index is 2810. The lowest BCUT2D eigenvalue weighted by Gasteiger charge is -2.36. The van der Waals surface area contributed by atoms with E-state index in [4.69, 9.17) is 25.1 Å². The molecule has 422 valence electrons. The molecule has 78 heavy (non-hydrogen) atoms. The fourth-order valence-corrected chi connectivity index (χ4v) is 8.76. The zero-order valence-corrected chi connectivity index (χ0v) is 47.1. The lowest BCUT2D eigenvalue weighted by Crippen LogP contribution is -2.38. The summed E-state index contributed by atoms with van der Waals surface area (Å²) < 4.78 is 22.1. The number of aliphatic hydroxyl groups is 2. The molecule has 1 fully saturated rings. The van der Waals surface area contributed by atoms with Crippen LogP contribution in [0.3, 0.4) is 0 Å². The van der Waals surface area contributed by atoms with Crippen LogP contribution in [0.2, 0.25) is 0 Å². The molecule has 1 aliphatic heterocycles. The molecule has 2 aromatic rings. The van der Waals surface area contributed by atoms with E-state index < -0.39 is 42.7 Å². The largest absolute Gasteiger partial charge is 0.481 e. The fourth-order valence-electron chi connectivity index (χ4n) is 8.76. The molecule has 0 amide bonds. The Morgan fingerprint density at radius 1 is 0.731 bits per heavy atom. The van der Waals surface area contributed by atoms with Gasteiger partial charge in [0.15, 0.2) is 41.5 Å². The van der Waals surface area contributed by atoms with Crippen molar-refractivity contribution in [2.24, 2.45) is 10.8 Å². The number of aromatic nitrogens is 4. The second-order valence-corrected chi connectivity index (χ2v) is 20.5. The highest BCUT2D eigenvalue weighted by Crippen LogP contribution is 2.42. The Morgan fingerprint density at radius 2 is 1.23 bits per heavy atom. The summed E-state index contributed by atoms with van der Waals surface area (Å²) in [5, 5.41) is 27.9. The highest BCUT2D eigenvalue weighted by molar-refractivity contribution is 6.02. The molecule has 0 spiro atoms. The summed E-state index contributed by atoms with van der Waals surface area (Å²) in [6.07, 6.45) is 28.4. The molecule has 0 radical (unpaired) electrons. The number of carbonyl (C=O) groups excluding carboxylic acids is 5. The van der Waals surface area contributed by atoms with Crippen LogP contribution in [0.5, 0.6) is 0 Å². The van der Waals surface area contributed by atoms with Gasteiger partial charge in [-0.1, -0.05) is 149 Å². The van der Waals surface area contributed by atoms with Crippen LogP contribution in [0, 0.1) is 10.8 Å². The van der Waals surface area contributed by atoms with Crippen molar-refractivity contribution in [1.82, 2.24) is 19.5 Å². The lowest BCUT2D eigenvalue weighted by atomic mass is 9.71. The maximum absolute atomic E-state index is 13.0. The molecule has 6 atom stereocenters. The van der Waals surface area contributed by atoms with Gasteiger partial charge >= 0.3 is 11.9 Å². The summed E-state index contributed by atoms with van der Waals surface area (Å²) in [6, 6.07) is 0. The number of nitrogens with two attached hydrogens (primary N) is 1. The number of ether oxygens (including phenoxy) is 4. The summed E-state index contributed by atoms with van der Waals surface area (Å²) in [5.41, 5.74) is 13.4.